The Hall–Kier alpha value is -1.82. The Morgan fingerprint density at radius 2 is 1.74 bits per heavy atom. The second-order valence-electron chi connectivity index (χ2n) is 3.57. The standard InChI is InChI=1S/C12H6ClF4NO/c13-7-2-1-6(8(14)3-7)5-19-12-10(16)4-9(15)11(17)18-12/h1-4H,5H2. The molecule has 0 bridgehead atoms. The highest BCUT2D eigenvalue weighted by molar-refractivity contribution is 6.30. The monoisotopic (exact) mass is 291 g/mol. The molecular formula is C12H6ClF4NO. The second kappa shape index (κ2) is 5.44. The Morgan fingerprint density at radius 3 is 2.42 bits per heavy atom. The molecule has 2 nitrogen and oxygen atoms in total. The molecule has 0 saturated carbocycles. The Bertz CT molecular complexity index is 621. The number of hydrogen-bond acceptors (Lipinski definition) is 2. The van der Waals surface area contributed by atoms with Crippen LogP contribution in [0, 0.1) is 23.4 Å². The predicted molar refractivity (Wildman–Crippen MR) is 59.9 cm³/mol. The van der Waals surface area contributed by atoms with Crippen molar-refractivity contribution in [2.24, 2.45) is 0 Å². The number of benzene rings is 1. The van der Waals surface area contributed by atoms with Gasteiger partial charge in [-0.1, -0.05) is 17.7 Å². The Labute approximate surface area is 110 Å². The van der Waals surface area contributed by atoms with Gasteiger partial charge in [0, 0.05) is 16.7 Å². The fraction of sp³-hybridized carbons (Fsp3) is 0.0833. The molecule has 19 heavy (non-hydrogen) atoms. The Morgan fingerprint density at radius 1 is 1.00 bits per heavy atom. The molecule has 2 rings (SSSR count). The summed E-state index contributed by atoms with van der Waals surface area (Å²) in [6.07, 6.45) is 0. The van der Waals surface area contributed by atoms with E-state index in [2.05, 4.69) is 4.98 Å². The average molecular weight is 292 g/mol. The van der Waals surface area contributed by atoms with Crippen molar-refractivity contribution in [2.75, 3.05) is 0 Å². The maximum absolute atomic E-state index is 13.4. The lowest BCUT2D eigenvalue weighted by molar-refractivity contribution is 0.264. The van der Waals surface area contributed by atoms with E-state index in [1.54, 1.807) is 0 Å². The lowest BCUT2D eigenvalue weighted by Crippen LogP contribution is -2.04. The number of ether oxygens (including phenoxy) is 1. The van der Waals surface area contributed by atoms with E-state index in [0.717, 1.165) is 6.07 Å². The first kappa shape index (κ1) is 13.6. The van der Waals surface area contributed by atoms with Gasteiger partial charge in [-0.2, -0.15) is 9.37 Å². The summed E-state index contributed by atoms with van der Waals surface area (Å²) in [4.78, 5) is 2.95. The van der Waals surface area contributed by atoms with Crippen LogP contribution in [0.5, 0.6) is 5.88 Å². The van der Waals surface area contributed by atoms with Crippen molar-refractivity contribution in [3.8, 4) is 5.88 Å². The summed E-state index contributed by atoms with van der Waals surface area (Å²) in [6, 6.07) is 4.10. The van der Waals surface area contributed by atoms with Crippen molar-refractivity contribution in [2.45, 2.75) is 6.61 Å². The zero-order valence-corrected chi connectivity index (χ0v) is 10.0. The number of pyridine rings is 1. The summed E-state index contributed by atoms with van der Waals surface area (Å²) in [5.41, 5.74) is 0.0790. The minimum absolute atomic E-state index is 0.0790. The van der Waals surface area contributed by atoms with Gasteiger partial charge in [-0.15, -0.1) is 0 Å². The molecule has 0 radical (unpaired) electrons. The number of nitrogens with zero attached hydrogens (tertiary/aromatic N) is 1. The third-order valence-corrected chi connectivity index (χ3v) is 2.47. The summed E-state index contributed by atoms with van der Waals surface area (Å²) in [7, 11) is 0. The average Bonchev–Trinajstić information content (AvgIpc) is 2.34. The summed E-state index contributed by atoms with van der Waals surface area (Å²) in [5.74, 6) is -5.49. The maximum Gasteiger partial charge on any atom is 0.253 e. The first-order valence-electron chi connectivity index (χ1n) is 5.05. The highest BCUT2D eigenvalue weighted by atomic mass is 35.5. The molecule has 0 saturated heterocycles. The summed E-state index contributed by atoms with van der Waals surface area (Å²) in [6.45, 7) is -0.391. The van der Waals surface area contributed by atoms with Crippen molar-refractivity contribution in [1.29, 1.82) is 0 Å². The molecule has 0 atom stereocenters. The third-order valence-electron chi connectivity index (χ3n) is 2.23. The SMILES string of the molecule is Fc1cc(Cl)ccc1COc1nc(F)c(F)cc1F. The molecule has 0 aliphatic rings. The minimum Gasteiger partial charge on any atom is -0.471 e. The molecule has 0 fully saturated rings. The molecule has 1 heterocycles. The van der Waals surface area contributed by atoms with Gasteiger partial charge in [0.25, 0.3) is 11.8 Å². The van der Waals surface area contributed by atoms with Gasteiger partial charge in [0.05, 0.1) is 0 Å². The fourth-order valence-electron chi connectivity index (χ4n) is 1.31. The minimum atomic E-state index is -1.49. The molecule has 100 valence electrons. The molecular weight excluding hydrogens is 286 g/mol. The summed E-state index contributed by atoms with van der Waals surface area (Å²) < 4.78 is 56.8. The van der Waals surface area contributed by atoms with Crippen LogP contribution in [0.2, 0.25) is 5.02 Å². The highest BCUT2D eigenvalue weighted by Crippen LogP contribution is 2.20. The van der Waals surface area contributed by atoms with Gasteiger partial charge in [-0.3, -0.25) is 0 Å². The molecule has 0 aliphatic heterocycles. The molecule has 0 amide bonds. The van der Waals surface area contributed by atoms with E-state index in [1.807, 2.05) is 0 Å². The summed E-state index contributed by atoms with van der Waals surface area (Å²) >= 11 is 5.55. The molecule has 0 spiro atoms. The van der Waals surface area contributed by atoms with E-state index in [4.69, 9.17) is 16.3 Å². The number of rotatable bonds is 3. The summed E-state index contributed by atoms with van der Waals surface area (Å²) in [5, 5.41) is 0.193. The van der Waals surface area contributed by atoms with Crippen LogP contribution in [-0.2, 0) is 6.61 Å². The third kappa shape index (κ3) is 3.14. The number of aromatic nitrogens is 1. The van der Waals surface area contributed by atoms with Crippen LogP contribution in [-0.4, -0.2) is 4.98 Å². The topological polar surface area (TPSA) is 22.1 Å². The molecule has 1 aromatic carbocycles. The first-order valence-corrected chi connectivity index (χ1v) is 5.43. The van der Waals surface area contributed by atoms with Crippen molar-refractivity contribution in [3.63, 3.8) is 0 Å². The van der Waals surface area contributed by atoms with Gasteiger partial charge >= 0.3 is 0 Å². The van der Waals surface area contributed by atoms with Crippen LogP contribution in [0.25, 0.3) is 0 Å². The molecule has 0 aliphatic carbocycles. The fourth-order valence-corrected chi connectivity index (χ4v) is 1.47. The van der Waals surface area contributed by atoms with E-state index >= 15 is 0 Å². The Kier molecular flexibility index (Phi) is 3.90. The molecule has 2 aromatic rings. The largest absolute Gasteiger partial charge is 0.471 e. The van der Waals surface area contributed by atoms with Gasteiger partial charge in [0.2, 0.25) is 0 Å². The zero-order valence-electron chi connectivity index (χ0n) is 9.26. The van der Waals surface area contributed by atoms with Crippen molar-refractivity contribution in [1.82, 2.24) is 4.98 Å². The van der Waals surface area contributed by atoms with Gasteiger partial charge in [0.15, 0.2) is 11.6 Å². The maximum atomic E-state index is 13.4. The van der Waals surface area contributed by atoms with Crippen LogP contribution in [0.15, 0.2) is 24.3 Å². The van der Waals surface area contributed by atoms with Crippen molar-refractivity contribution < 1.29 is 22.3 Å². The van der Waals surface area contributed by atoms with Crippen molar-refractivity contribution in [3.05, 3.63) is 58.3 Å². The lowest BCUT2D eigenvalue weighted by Gasteiger charge is -2.07. The normalized spacial score (nSPS) is 10.6. The molecule has 0 unspecified atom stereocenters. The van der Waals surface area contributed by atoms with E-state index in [-0.39, 0.29) is 10.6 Å². The van der Waals surface area contributed by atoms with E-state index in [0.29, 0.717) is 6.07 Å². The van der Waals surface area contributed by atoms with Crippen LogP contribution in [0.3, 0.4) is 0 Å². The predicted octanol–water partition coefficient (Wildman–Crippen LogP) is 3.87. The molecule has 0 N–H and O–H groups in total. The zero-order chi connectivity index (χ0) is 14.0. The first-order chi connectivity index (χ1) is 8.97. The van der Waals surface area contributed by atoms with Crippen molar-refractivity contribution >= 4 is 11.6 Å². The van der Waals surface area contributed by atoms with Gasteiger partial charge < -0.3 is 4.74 Å². The Balaban J connectivity index is 2.16. The molecule has 7 heteroatoms. The number of hydrogen-bond donors (Lipinski definition) is 0. The second-order valence-corrected chi connectivity index (χ2v) is 4.01. The van der Waals surface area contributed by atoms with Crippen LogP contribution in [0.1, 0.15) is 5.56 Å². The highest BCUT2D eigenvalue weighted by Gasteiger charge is 2.13. The van der Waals surface area contributed by atoms with Crippen LogP contribution < -0.4 is 4.74 Å². The quantitative estimate of drug-likeness (QED) is 0.632. The van der Waals surface area contributed by atoms with Gasteiger partial charge in [-0.25, -0.2) is 13.2 Å². The number of halogens is 5. The van der Waals surface area contributed by atoms with Crippen LogP contribution >= 0.6 is 11.6 Å². The van der Waals surface area contributed by atoms with Crippen LogP contribution in [0.4, 0.5) is 17.6 Å². The van der Waals surface area contributed by atoms with E-state index in [1.165, 1.54) is 12.1 Å². The smallest absolute Gasteiger partial charge is 0.253 e. The van der Waals surface area contributed by atoms with Gasteiger partial charge in [-0.05, 0) is 12.1 Å². The molecule has 1 aromatic heterocycles. The van der Waals surface area contributed by atoms with Gasteiger partial charge in [0.1, 0.15) is 12.4 Å². The van der Waals surface area contributed by atoms with E-state index < -0.39 is 35.9 Å². The lowest BCUT2D eigenvalue weighted by atomic mass is 10.2. The van der Waals surface area contributed by atoms with E-state index in [9.17, 15) is 17.6 Å².